The van der Waals surface area contributed by atoms with Crippen LogP contribution in [-0.4, -0.2) is 26.7 Å². The number of amides is 1. The molecule has 0 fully saturated rings. The van der Waals surface area contributed by atoms with Crippen molar-refractivity contribution in [2.45, 2.75) is 31.7 Å². The summed E-state index contributed by atoms with van der Waals surface area (Å²) in [6.45, 7) is 1.14. The highest BCUT2D eigenvalue weighted by Gasteiger charge is 2.33. The molecule has 3 aromatic rings. The van der Waals surface area contributed by atoms with Crippen molar-refractivity contribution >= 4 is 5.91 Å². The van der Waals surface area contributed by atoms with E-state index in [0.29, 0.717) is 0 Å². The maximum atomic E-state index is 14.8. The van der Waals surface area contributed by atoms with Crippen LogP contribution in [0.4, 0.5) is 17.6 Å². The smallest absolute Gasteiger partial charge is 0.392 e. The molecule has 2 aromatic heterocycles. The number of hydrogen-bond donors (Lipinski definition) is 2. The van der Waals surface area contributed by atoms with E-state index in [0.717, 1.165) is 47.0 Å². The molecule has 2 heterocycles. The predicted octanol–water partition coefficient (Wildman–Crippen LogP) is 3.06. The molecule has 0 spiro atoms. The van der Waals surface area contributed by atoms with Crippen molar-refractivity contribution in [3.05, 3.63) is 99.0 Å². The average Bonchev–Trinajstić information content (AvgIpc) is 2.71. The van der Waals surface area contributed by atoms with Gasteiger partial charge in [-0.3, -0.25) is 14.6 Å². The first-order chi connectivity index (χ1) is 15.0. The Labute approximate surface area is 180 Å². The monoisotopic (exact) mass is 449 g/mol. The van der Waals surface area contributed by atoms with Crippen LogP contribution < -0.4 is 11.3 Å². The van der Waals surface area contributed by atoms with Crippen LogP contribution in [0.3, 0.4) is 0 Å². The summed E-state index contributed by atoms with van der Waals surface area (Å²) in [6, 6.07) is 8.53. The lowest BCUT2D eigenvalue weighted by Crippen LogP contribution is -2.33. The minimum atomic E-state index is -4.59. The number of benzene rings is 1. The number of aliphatic hydroxyl groups is 1. The molecule has 0 aliphatic rings. The van der Waals surface area contributed by atoms with Crippen molar-refractivity contribution in [2.75, 3.05) is 0 Å². The second-order valence-corrected chi connectivity index (χ2v) is 7.22. The largest absolute Gasteiger partial charge is 0.416 e. The van der Waals surface area contributed by atoms with Crippen LogP contribution in [0.5, 0.6) is 0 Å². The lowest BCUT2D eigenvalue weighted by Gasteiger charge is -2.25. The van der Waals surface area contributed by atoms with Gasteiger partial charge < -0.3 is 15.4 Å². The van der Waals surface area contributed by atoms with Crippen molar-refractivity contribution < 1.29 is 27.5 Å². The second kappa shape index (κ2) is 8.91. The van der Waals surface area contributed by atoms with Crippen LogP contribution in [-0.2, 0) is 12.7 Å². The maximum Gasteiger partial charge on any atom is 0.416 e. The van der Waals surface area contributed by atoms with E-state index < -0.39 is 41.0 Å². The third-order valence-electron chi connectivity index (χ3n) is 4.84. The fourth-order valence-electron chi connectivity index (χ4n) is 3.49. The Hall–Kier alpha value is -3.53. The zero-order valence-electron chi connectivity index (χ0n) is 16.8. The van der Waals surface area contributed by atoms with Crippen molar-refractivity contribution in [1.29, 1.82) is 0 Å². The first kappa shape index (κ1) is 23.1. The number of hydrogen-bond acceptors (Lipinski definition) is 4. The van der Waals surface area contributed by atoms with Crippen LogP contribution in [0, 0.1) is 5.82 Å². The van der Waals surface area contributed by atoms with Gasteiger partial charge in [0.2, 0.25) is 0 Å². The molecule has 0 saturated heterocycles. The number of aromatic nitrogens is 2. The van der Waals surface area contributed by atoms with Crippen LogP contribution in [0.25, 0.3) is 0 Å². The summed E-state index contributed by atoms with van der Waals surface area (Å²) in [6.07, 6.45) is -4.35. The van der Waals surface area contributed by atoms with Gasteiger partial charge in [0.1, 0.15) is 5.82 Å². The molecule has 1 aromatic carbocycles. The third-order valence-corrected chi connectivity index (χ3v) is 4.84. The standard InChI is InChI=1S/C22H19F4N3O3/c1-12(30)11-29-17(31)9-8-15(21(27)32)20(29)18(19-16(23)3-2-10-28-19)13-4-6-14(7-5-13)22(24,25)26/h2-10,12,18,30H,11H2,1H3,(H2,27,32)/t12-,18-/m1/s1. The quantitative estimate of drug-likeness (QED) is 0.565. The molecule has 2 atom stereocenters. The number of carbonyl (C=O) groups excluding carboxylic acids is 1. The van der Waals surface area contributed by atoms with Gasteiger partial charge in [-0.1, -0.05) is 12.1 Å². The first-order valence-corrected chi connectivity index (χ1v) is 9.50. The minimum absolute atomic E-state index is 0.0803. The van der Waals surface area contributed by atoms with E-state index in [4.69, 9.17) is 5.73 Å². The van der Waals surface area contributed by atoms with Crippen LogP contribution >= 0.6 is 0 Å². The Morgan fingerprint density at radius 1 is 1.16 bits per heavy atom. The minimum Gasteiger partial charge on any atom is -0.392 e. The lowest BCUT2D eigenvalue weighted by atomic mass is 9.87. The van der Waals surface area contributed by atoms with Gasteiger partial charge in [-0.05, 0) is 42.8 Å². The molecule has 3 N–H and O–H groups in total. The van der Waals surface area contributed by atoms with Gasteiger partial charge in [0.15, 0.2) is 0 Å². The average molecular weight is 449 g/mol. The number of rotatable bonds is 6. The van der Waals surface area contributed by atoms with Gasteiger partial charge in [0, 0.05) is 18.0 Å². The zero-order chi connectivity index (χ0) is 23.6. The number of alkyl halides is 3. The molecule has 0 aliphatic carbocycles. The van der Waals surface area contributed by atoms with E-state index in [1.165, 1.54) is 19.2 Å². The van der Waals surface area contributed by atoms with Crippen molar-refractivity contribution in [1.82, 2.24) is 9.55 Å². The summed E-state index contributed by atoms with van der Waals surface area (Å²) in [5, 5.41) is 9.90. The highest BCUT2D eigenvalue weighted by Crippen LogP contribution is 2.36. The summed E-state index contributed by atoms with van der Waals surface area (Å²) in [4.78, 5) is 28.8. The van der Waals surface area contributed by atoms with E-state index in [1.807, 2.05) is 0 Å². The molecule has 168 valence electrons. The summed E-state index contributed by atoms with van der Waals surface area (Å²) in [5.41, 5.74) is 3.65. The first-order valence-electron chi connectivity index (χ1n) is 9.50. The molecule has 3 rings (SSSR count). The summed E-state index contributed by atoms with van der Waals surface area (Å²) >= 11 is 0. The van der Waals surface area contributed by atoms with Gasteiger partial charge >= 0.3 is 6.18 Å². The Morgan fingerprint density at radius 2 is 1.81 bits per heavy atom. The van der Waals surface area contributed by atoms with Gasteiger partial charge in [-0.15, -0.1) is 0 Å². The molecule has 1 amide bonds. The normalized spacial score (nSPS) is 13.6. The second-order valence-electron chi connectivity index (χ2n) is 7.22. The van der Waals surface area contributed by atoms with E-state index in [2.05, 4.69) is 4.98 Å². The number of nitrogens with two attached hydrogens (primary N) is 1. The molecule has 0 saturated carbocycles. The SMILES string of the molecule is C[C@@H](O)Cn1c([C@H](c2ccc(C(F)(F)F)cc2)c2ncccc2F)c(C(N)=O)ccc1=O. The van der Waals surface area contributed by atoms with E-state index >= 15 is 0 Å². The summed E-state index contributed by atoms with van der Waals surface area (Å²) < 4.78 is 55.0. The van der Waals surface area contributed by atoms with E-state index in [-0.39, 0.29) is 29.1 Å². The molecule has 0 aliphatic heterocycles. The highest BCUT2D eigenvalue weighted by molar-refractivity contribution is 5.94. The fourth-order valence-corrected chi connectivity index (χ4v) is 3.49. The Morgan fingerprint density at radius 3 is 2.34 bits per heavy atom. The summed E-state index contributed by atoms with van der Waals surface area (Å²) in [5.74, 6) is -2.99. The Balaban J connectivity index is 2.37. The van der Waals surface area contributed by atoms with Crippen molar-refractivity contribution in [2.24, 2.45) is 5.73 Å². The number of primary amides is 1. The number of aliphatic hydroxyl groups excluding tert-OH is 1. The van der Waals surface area contributed by atoms with Crippen molar-refractivity contribution in [3.8, 4) is 0 Å². The molecule has 0 radical (unpaired) electrons. The summed E-state index contributed by atoms with van der Waals surface area (Å²) in [7, 11) is 0. The van der Waals surface area contributed by atoms with Crippen LogP contribution in [0.1, 0.15) is 45.7 Å². The van der Waals surface area contributed by atoms with E-state index in [1.54, 1.807) is 0 Å². The number of halogens is 4. The molecular weight excluding hydrogens is 430 g/mol. The van der Waals surface area contributed by atoms with Gasteiger partial charge in [-0.2, -0.15) is 13.2 Å². The van der Waals surface area contributed by atoms with Crippen LogP contribution in [0.2, 0.25) is 0 Å². The lowest BCUT2D eigenvalue weighted by molar-refractivity contribution is -0.137. The number of nitrogens with zero attached hydrogens (tertiary/aromatic N) is 2. The fraction of sp³-hybridized carbons (Fsp3) is 0.227. The predicted molar refractivity (Wildman–Crippen MR) is 107 cm³/mol. The molecular formula is C22H19F4N3O3. The topological polar surface area (TPSA) is 98.2 Å². The van der Waals surface area contributed by atoms with Gasteiger partial charge in [0.05, 0.1) is 35.4 Å². The van der Waals surface area contributed by atoms with E-state index in [9.17, 15) is 32.3 Å². The molecule has 0 unspecified atom stereocenters. The zero-order valence-corrected chi connectivity index (χ0v) is 16.8. The van der Waals surface area contributed by atoms with Gasteiger partial charge in [-0.25, -0.2) is 4.39 Å². The molecule has 32 heavy (non-hydrogen) atoms. The molecule has 6 nitrogen and oxygen atoms in total. The Bertz CT molecular complexity index is 1190. The highest BCUT2D eigenvalue weighted by atomic mass is 19.4. The third kappa shape index (κ3) is 4.70. The molecule has 10 heteroatoms. The number of carbonyl (C=O) groups is 1. The van der Waals surface area contributed by atoms with Crippen molar-refractivity contribution in [3.63, 3.8) is 0 Å². The van der Waals surface area contributed by atoms with Gasteiger partial charge in [0.25, 0.3) is 11.5 Å². The maximum absolute atomic E-state index is 14.8. The molecule has 0 bridgehead atoms. The number of pyridine rings is 2. The Kier molecular flexibility index (Phi) is 6.45. The van der Waals surface area contributed by atoms with Crippen LogP contribution in [0.15, 0.2) is 59.5 Å².